The second kappa shape index (κ2) is 7.74. The molecule has 3 aromatic rings. The number of benzene rings is 2. The largest absolute Gasteiger partial charge is 0.356 e. The van der Waals surface area contributed by atoms with Crippen molar-refractivity contribution in [1.82, 2.24) is 15.3 Å². The van der Waals surface area contributed by atoms with Gasteiger partial charge >= 0.3 is 0 Å². The predicted octanol–water partition coefficient (Wildman–Crippen LogP) is 3.72. The van der Waals surface area contributed by atoms with Crippen LogP contribution in [-0.4, -0.2) is 29.0 Å². The maximum Gasteiger partial charge on any atom is 0.251 e. The molecule has 5 nitrogen and oxygen atoms in total. The monoisotopic (exact) mass is 360 g/mol. The predicted molar refractivity (Wildman–Crippen MR) is 108 cm³/mol. The summed E-state index contributed by atoms with van der Waals surface area (Å²) in [5.74, 6) is 0.856. The van der Waals surface area contributed by atoms with Crippen LogP contribution in [-0.2, 0) is 13.0 Å². The highest BCUT2D eigenvalue weighted by atomic mass is 16.1. The van der Waals surface area contributed by atoms with Gasteiger partial charge in [-0.15, -0.1) is 0 Å². The minimum Gasteiger partial charge on any atom is -0.356 e. The zero-order valence-corrected chi connectivity index (χ0v) is 15.6. The molecular weight excluding hydrogens is 336 g/mol. The van der Waals surface area contributed by atoms with Gasteiger partial charge in [-0.05, 0) is 48.6 Å². The summed E-state index contributed by atoms with van der Waals surface area (Å²) in [5, 5.41) is 3.96. The van der Waals surface area contributed by atoms with Gasteiger partial charge in [-0.2, -0.15) is 0 Å². The van der Waals surface area contributed by atoms with E-state index < -0.39 is 0 Å². The van der Waals surface area contributed by atoms with Crippen LogP contribution < -0.4 is 10.2 Å². The molecule has 138 valence electrons. The molecule has 0 radical (unpaired) electrons. The van der Waals surface area contributed by atoms with E-state index in [4.69, 9.17) is 0 Å². The molecule has 27 heavy (non-hydrogen) atoms. The number of aryl methyl sites for hydroxylation is 1. The Balaban J connectivity index is 1.53. The minimum atomic E-state index is -0.0762. The molecule has 0 spiro atoms. The van der Waals surface area contributed by atoms with Crippen LogP contribution in [0, 0.1) is 0 Å². The van der Waals surface area contributed by atoms with Crippen LogP contribution in [0.25, 0.3) is 10.9 Å². The summed E-state index contributed by atoms with van der Waals surface area (Å²) in [7, 11) is 0. The summed E-state index contributed by atoms with van der Waals surface area (Å²) in [6.45, 7) is 4.67. The Bertz CT molecular complexity index is 946. The van der Waals surface area contributed by atoms with Gasteiger partial charge in [0.2, 0.25) is 0 Å². The van der Waals surface area contributed by atoms with Crippen LogP contribution in [0.3, 0.4) is 0 Å². The lowest BCUT2D eigenvalue weighted by molar-refractivity contribution is 0.0951. The lowest BCUT2D eigenvalue weighted by atomic mass is 10.1. The number of aromatic nitrogens is 2. The van der Waals surface area contributed by atoms with E-state index in [0.29, 0.717) is 12.1 Å². The van der Waals surface area contributed by atoms with Crippen molar-refractivity contribution in [3.05, 3.63) is 65.5 Å². The highest BCUT2D eigenvalue weighted by Crippen LogP contribution is 2.26. The Labute approximate surface area is 159 Å². The maximum atomic E-state index is 12.7. The minimum absolute atomic E-state index is 0.0762. The second-order valence-electron chi connectivity index (χ2n) is 6.98. The van der Waals surface area contributed by atoms with Crippen LogP contribution in [0.1, 0.15) is 41.3 Å². The molecule has 1 saturated heterocycles. The lowest BCUT2D eigenvalue weighted by Crippen LogP contribution is -2.23. The second-order valence-corrected chi connectivity index (χ2v) is 6.98. The fourth-order valence-electron chi connectivity index (χ4n) is 3.54. The molecule has 1 aromatic heterocycles. The highest BCUT2D eigenvalue weighted by molar-refractivity contribution is 6.00. The third-order valence-corrected chi connectivity index (χ3v) is 5.17. The van der Waals surface area contributed by atoms with Gasteiger partial charge in [0.15, 0.2) is 0 Å². The molecule has 1 amide bonds. The van der Waals surface area contributed by atoms with Gasteiger partial charge < -0.3 is 10.2 Å². The molecule has 0 unspecified atom stereocenters. The molecule has 5 heteroatoms. The first-order valence-electron chi connectivity index (χ1n) is 9.60. The van der Waals surface area contributed by atoms with Crippen LogP contribution in [0.2, 0.25) is 0 Å². The van der Waals surface area contributed by atoms with E-state index in [1.807, 2.05) is 18.2 Å². The normalized spacial score (nSPS) is 13.9. The van der Waals surface area contributed by atoms with Crippen molar-refractivity contribution < 1.29 is 4.79 Å². The fraction of sp³-hybridized carbons (Fsp3) is 0.318. The molecule has 4 rings (SSSR count). The molecule has 0 saturated carbocycles. The van der Waals surface area contributed by atoms with Crippen molar-refractivity contribution in [3.8, 4) is 0 Å². The van der Waals surface area contributed by atoms with Crippen LogP contribution >= 0.6 is 0 Å². The zero-order valence-electron chi connectivity index (χ0n) is 15.6. The van der Waals surface area contributed by atoms with E-state index >= 15 is 0 Å². The number of rotatable bonds is 5. The van der Waals surface area contributed by atoms with Crippen molar-refractivity contribution in [3.63, 3.8) is 0 Å². The molecule has 0 atom stereocenters. The van der Waals surface area contributed by atoms with E-state index in [-0.39, 0.29) is 5.91 Å². The number of carbonyl (C=O) groups is 1. The third kappa shape index (κ3) is 3.77. The Morgan fingerprint density at radius 1 is 1.04 bits per heavy atom. The molecule has 1 aliphatic rings. The molecular formula is C22H24N4O. The maximum absolute atomic E-state index is 12.7. The standard InChI is InChI=1S/C22H24N4O/c1-2-16-5-7-17(8-6-16)14-23-22(27)18-9-10-20-19(13-18)21(25-15-24-20)26-11-3-4-12-26/h5-10,13,15H,2-4,11-12,14H2,1H3,(H,23,27). The number of carbonyl (C=O) groups excluding carboxylic acids is 1. The summed E-state index contributed by atoms with van der Waals surface area (Å²) >= 11 is 0. The molecule has 1 N–H and O–H groups in total. The average molecular weight is 360 g/mol. The summed E-state index contributed by atoms with van der Waals surface area (Å²) in [6.07, 6.45) is 4.99. The number of nitrogens with zero attached hydrogens (tertiary/aromatic N) is 3. The van der Waals surface area contributed by atoms with E-state index in [1.54, 1.807) is 6.33 Å². The first kappa shape index (κ1) is 17.5. The number of amides is 1. The van der Waals surface area contributed by atoms with Crippen LogP contribution in [0.5, 0.6) is 0 Å². The van der Waals surface area contributed by atoms with Gasteiger partial charge in [0.25, 0.3) is 5.91 Å². The quantitative estimate of drug-likeness (QED) is 0.753. The van der Waals surface area contributed by atoms with Gasteiger partial charge in [0.05, 0.1) is 5.52 Å². The van der Waals surface area contributed by atoms with E-state index in [9.17, 15) is 4.79 Å². The first-order valence-corrected chi connectivity index (χ1v) is 9.60. The number of hydrogen-bond donors (Lipinski definition) is 1. The van der Waals surface area contributed by atoms with Crippen LogP contribution in [0.4, 0.5) is 5.82 Å². The van der Waals surface area contributed by atoms with Gasteiger partial charge in [0, 0.05) is 30.6 Å². The zero-order chi connectivity index (χ0) is 18.6. The first-order chi connectivity index (χ1) is 13.2. The fourth-order valence-corrected chi connectivity index (χ4v) is 3.54. The third-order valence-electron chi connectivity index (χ3n) is 5.17. The molecule has 0 aliphatic carbocycles. The Morgan fingerprint density at radius 3 is 2.52 bits per heavy atom. The molecule has 2 heterocycles. The van der Waals surface area contributed by atoms with Crippen molar-refractivity contribution in [2.45, 2.75) is 32.7 Å². The van der Waals surface area contributed by atoms with Crippen molar-refractivity contribution in [2.24, 2.45) is 0 Å². The Hall–Kier alpha value is -2.95. The van der Waals surface area contributed by atoms with Crippen molar-refractivity contribution in [1.29, 1.82) is 0 Å². The lowest BCUT2D eigenvalue weighted by Gasteiger charge is -2.18. The number of hydrogen-bond acceptors (Lipinski definition) is 4. The van der Waals surface area contributed by atoms with E-state index in [1.165, 1.54) is 18.4 Å². The van der Waals surface area contributed by atoms with Gasteiger partial charge in [-0.1, -0.05) is 31.2 Å². The summed E-state index contributed by atoms with van der Waals surface area (Å²) < 4.78 is 0. The van der Waals surface area contributed by atoms with Crippen molar-refractivity contribution >= 4 is 22.6 Å². The average Bonchev–Trinajstić information content (AvgIpc) is 3.26. The van der Waals surface area contributed by atoms with Crippen molar-refractivity contribution in [2.75, 3.05) is 18.0 Å². The summed E-state index contributed by atoms with van der Waals surface area (Å²) in [6, 6.07) is 14.0. The van der Waals surface area contributed by atoms with Gasteiger partial charge in [-0.25, -0.2) is 9.97 Å². The smallest absolute Gasteiger partial charge is 0.251 e. The van der Waals surface area contributed by atoms with Gasteiger partial charge in [0.1, 0.15) is 12.1 Å². The molecule has 2 aromatic carbocycles. The van der Waals surface area contributed by atoms with E-state index in [0.717, 1.165) is 41.8 Å². The number of nitrogens with one attached hydrogen (secondary N) is 1. The summed E-state index contributed by atoms with van der Waals surface area (Å²) in [4.78, 5) is 23.8. The molecule has 0 bridgehead atoms. The highest BCUT2D eigenvalue weighted by Gasteiger charge is 2.17. The summed E-state index contributed by atoms with van der Waals surface area (Å²) in [5.41, 5.74) is 3.91. The van der Waals surface area contributed by atoms with Gasteiger partial charge in [-0.3, -0.25) is 4.79 Å². The topological polar surface area (TPSA) is 58.1 Å². The number of anilines is 1. The molecule has 1 fully saturated rings. The SMILES string of the molecule is CCc1ccc(CNC(=O)c2ccc3ncnc(N4CCCC4)c3c2)cc1. The van der Waals surface area contributed by atoms with Crippen LogP contribution in [0.15, 0.2) is 48.8 Å². The van der Waals surface area contributed by atoms with E-state index in [2.05, 4.69) is 51.4 Å². The Morgan fingerprint density at radius 2 is 1.78 bits per heavy atom. The Kier molecular flexibility index (Phi) is 5.01. The molecule has 1 aliphatic heterocycles. The number of fused-ring (bicyclic) bond motifs is 1.